The van der Waals surface area contributed by atoms with Crippen LogP contribution in [0.5, 0.6) is 11.5 Å². The van der Waals surface area contributed by atoms with Crippen LogP contribution in [0, 0.1) is 0 Å². The van der Waals surface area contributed by atoms with Crippen molar-refractivity contribution in [2.24, 2.45) is 0 Å². The van der Waals surface area contributed by atoms with Crippen molar-refractivity contribution in [3.05, 3.63) is 60.8 Å². The molecule has 0 fully saturated rings. The second-order valence-electron chi connectivity index (χ2n) is 7.38. The Kier molecular flexibility index (Phi) is 6.21. The van der Waals surface area contributed by atoms with Gasteiger partial charge in [-0.2, -0.15) is 0 Å². The molecule has 0 radical (unpaired) electrons. The van der Waals surface area contributed by atoms with Crippen molar-refractivity contribution in [3.63, 3.8) is 0 Å². The molecule has 168 valence electrons. The molecule has 4 aromatic rings. The quantitative estimate of drug-likeness (QED) is 0.454. The number of fused-ring (bicyclic) bond motifs is 1. The summed E-state index contributed by atoms with van der Waals surface area (Å²) in [6.07, 6.45) is 1.49. The van der Waals surface area contributed by atoms with E-state index in [0.717, 1.165) is 11.3 Å². The molecule has 9 heteroatoms. The molecule has 2 amide bonds. The molecule has 33 heavy (non-hydrogen) atoms. The Labute approximate surface area is 191 Å². The first-order valence-electron chi connectivity index (χ1n) is 10.2. The topological polar surface area (TPSA) is 102 Å². The molecule has 0 atom stereocenters. The molecule has 0 bridgehead atoms. The number of carbonyl (C=O) groups excluding carboxylic acids is 1. The number of anilines is 3. The van der Waals surface area contributed by atoms with E-state index in [1.54, 1.807) is 14.2 Å². The average molecular weight is 444 g/mol. The van der Waals surface area contributed by atoms with E-state index in [1.807, 2.05) is 73.6 Å². The third-order valence-electron chi connectivity index (χ3n) is 4.97. The van der Waals surface area contributed by atoms with Crippen molar-refractivity contribution >= 4 is 34.4 Å². The zero-order valence-corrected chi connectivity index (χ0v) is 18.8. The molecule has 0 unspecified atom stereocenters. The Balaban J connectivity index is 1.53. The predicted octanol–water partition coefficient (Wildman–Crippen LogP) is 4.42. The van der Waals surface area contributed by atoms with Crippen molar-refractivity contribution in [2.75, 3.05) is 43.8 Å². The lowest BCUT2D eigenvalue weighted by atomic mass is 10.1. The lowest BCUT2D eigenvalue weighted by molar-refractivity contribution is 0.262. The number of urea groups is 1. The molecule has 0 saturated carbocycles. The average Bonchev–Trinajstić information content (AvgIpc) is 2.83. The van der Waals surface area contributed by atoms with Crippen LogP contribution in [-0.2, 0) is 0 Å². The van der Waals surface area contributed by atoms with E-state index in [9.17, 15) is 4.79 Å². The number of aromatic nitrogens is 3. The fourth-order valence-corrected chi connectivity index (χ4v) is 3.24. The SMILES string of the molecule is COc1ccc(-c2ccc3ncc(NC(=O)Nc4ccc(N(C)C)cc4)nc3n2)cc1OC. The summed E-state index contributed by atoms with van der Waals surface area (Å²) in [4.78, 5) is 27.8. The minimum Gasteiger partial charge on any atom is -0.493 e. The largest absolute Gasteiger partial charge is 0.493 e. The number of carbonyl (C=O) groups is 1. The number of amides is 2. The molecule has 2 heterocycles. The van der Waals surface area contributed by atoms with Crippen LogP contribution in [0.3, 0.4) is 0 Å². The molecule has 9 nitrogen and oxygen atoms in total. The number of benzene rings is 2. The fourth-order valence-electron chi connectivity index (χ4n) is 3.24. The number of hydrogen-bond acceptors (Lipinski definition) is 7. The van der Waals surface area contributed by atoms with E-state index < -0.39 is 6.03 Å². The van der Waals surface area contributed by atoms with Crippen LogP contribution in [0.4, 0.5) is 22.0 Å². The monoisotopic (exact) mass is 444 g/mol. The van der Waals surface area contributed by atoms with Gasteiger partial charge in [-0.25, -0.2) is 19.7 Å². The number of rotatable bonds is 6. The number of hydrogen-bond donors (Lipinski definition) is 2. The Bertz CT molecular complexity index is 1290. The van der Waals surface area contributed by atoms with Gasteiger partial charge in [0.15, 0.2) is 23.0 Å². The third-order valence-corrected chi connectivity index (χ3v) is 4.97. The maximum atomic E-state index is 12.4. The van der Waals surface area contributed by atoms with E-state index in [-0.39, 0.29) is 0 Å². The first-order chi connectivity index (χ1) is 16.0. The molecule has 2 aromatic heterocycles. The summed E-state index contributed by atoms with van der Waals surface area (Å²) < 4.78 is 10.7. The highest BCUT2D eigenvalue weighted by molar-refractivity contribution is 5.99. The highest BCUT2D eigenvalue weighted by Gasteiger charge is 2.10. The fraction of sp³-hybridized carbons (Fsp3) is 0.167. The van der Waals surface area contributed by atoms with Gasteiger partial charge in [-0.3, -0.25) is 5.32 Å². The number of nitrogens with zero attached hydrogens (tertiary/aromatic N) is 4. The van der Waals surface area contributed by atoms with Crippen molar-refractivity contribution in [2.45, 2.75) is 0 Å². The van der Waals surface area contributed by atoms with Gasteiger partial charge in [0.2, 0.25) is 0 Å². The third kappa shape index (κ3) is 4.93. The Morgan fingerprint density at radius 2 is 1.64 bits per heavy atom. The van der Waals surface area contributed by atoms with Gasteiger partial charge in [0.05, 0.1) is 26.1 Å². The number of methoxy groups -OCH3 is 2. The van der Waals surface area contributed by atoms with Crippen LogP contribution in [0.2, 0.25) is 0 Å². The summed E-state index contributed by atoms with van der Waals surface area (Å²) in [5.74, 6) is 1.53. The smallest absolute Gasteiger partial charge is 0.324 e. The number of pyridine rings is 1. The van der Waals surface area contributed by atoms with Crippen molar-refractivity contribution < 1.29 is 14.3 Å². The first-order valence-corrected chi connectivity index (χ1v) is 10.2. The Hall–Kier alpha value is -4.40. The van der Waals surface area contributed by atoms with E-state index in [1.165, 1.54) is 6.20 Å². The van der Waals surface area contributed by atoms with Crippen LogP contribution in [0.1, 0.15) is 0 Å². The van der Waals surface area contributed by atoms with Gasteiger partial charge in [0, 0.05) is 31.0 Å². The van der Waals surface area contributed by atoms with Crippen molar-refractivity contribution in [1.82, 2.24) is 15.0 Å². The van der Waals surface area contributed by atoms with Crippen LogP contribution in [-0.4, -0.2) is 49.3 Å². The molecule has 0 aliphatic carbocycles. The maximum absolute atomic E-state index is 12.4. The highest BCUT2D eigenvalue weighted by Crippen LogP contribution is 2.32. The molecular weight excluding hydrogens is 420 g/mol. The van der Waals surface area contributed by atoms with E-state index in [2.05, 4.69) is 25.6 Å². The van der Waals surface area contributed by atoms with Gasteiger partial charge in [-0.15, -0.1) is 0 Å². The zero-order chi connectivity index (χ0) is 23.4. The summed E-state index contributed by atoms with van der Waals surface area (Å²) in [7, 11) is 7.09. The van der Waals surface area contributed by atoms with Crippen LogP contribution in [0.15, 0.2) is 60.8 Å². The molecule has 0 saturated heterocycles. The lowest BCUT2D eigenvalue weighted by Gasteiger charge is -2.13. The summed E-state index contributed by atoms with van der Waals surface area (Å²) in [5.41, 5.74) is 4.27. The minimum atomic E-state index is -0.419. The van der Waals surface area contributed by atoms with E-state index >= 15 is 0 Å². The standard InChI is InChI=1S/C24H24N6O3/c1-30(2)17-8-6-16(7-9-17)26-24(31)29-22-14-25-19-11-10-18(27-23(19)28-22)15-5-12-20(32-3)21(13-15)33-4/h5-14H,1-4H3,(H2,26,27,28,29,31). The molecule has 4 rings (SSSR count). The molecule has 0 spiro atoms. The van der Waals surface area contributed by atoms with Gasteiger partial charge in [-0.05, 0) is 54.6 Å². The van der Waals surface area contributed by atoms with Gasteiger partial charge in [0.1, 0.15) is 5.52 Å². The summed E-state index contributed by atoms with van der Waals surface area (Å²) >= 11 is 0. The van der Waals surface area contributed by atoms with Gasteiger partial charge in [0.25, 0.3) is 0 Å². The first kappa shape index (κ1) is 21.8. The zero-order valence-electron chi connectivity index (χ0n) is 18.8. The molecule has 2 aromatic carbocycles. The van der Waals surface area contributed by atoms with Crippen molar-refractivity contribution in [3.8, 4) is 22.8 Å². The lowest BCUT2D eigenvalue weighted by Crippen LogP contribution is -2.20. The van der Waals surface area contributed by atoms with Crippen LogP contribution >= 0.6 is 0 Å². The van der Waals surface area contributed by atoms with Crippen LogP contribution < -0.4 is 25.0 Å². The molecule has 0 aliphatic heterocycles. The normalized spacial score (nSPS) is 10.5. The summed E-state index contributed by atoms with van der Waals surface area (Å²) in [5, 5.41) is 5.48. The van der Waals surface area contributed by atoms with Gasteiger partial charge in [-0.1, -0.05) is 0 Å². The summed E-state index contributed by atoms with van der Waals surface area (Å²) in [6.45, 7) is 0. The summed E-state index contributed by atoms with van der Waals surface area (Å²) in [6, 6.07) is 16.3. The number of ether oxygens (including phenoxy) is 2. The predicted molar refractivity (Wildman–Crippen MR) is 129 cm³/mol. The second kappa shape index (κ2) is 9.39. The van der Waals surface area contributed by atoms with Gasteiger partial charge >= 0.3 is 6.03 Å². The number of nitrogens with one attached hydrogen (secondary N) is 2. The molecule has 2 N–H and O–H groups in total. The Morgan fingerprint density at radius 3 is 2.33 bits per heavy atom. The Morgan fingerprint density at radius 1 is 0.879 bits per heavy atom. The molecule has 0 aliphatic rings. The maximum Gasteiger partial charge on any atom is 0.324 e. The van der Waals surface area contributed by atoms with Gasteiger partial charge < -0.3 is 19.7 Å². The van der Waals surface area contributed by atoms with Crippen LogP contribution in [0.25, 0.3) is 22.4 Å². The molecular formula is C24H24N6O3. The minimum absolute atomic E-state index is 0.293. The van der Waals surface area contributed by atoms with E-state index in [4.69, 9.17) is 9.47 Å². The highest BCUT2D eigenvalue weighted by atomic mass is 16.5. The van der Waals surface area contributed by atoms with Crippen molar-refractivity contribution in [1.29, 1.82) is 0 Å². The second-order valence-corrected chi connectivity index (χ2v) is 7.38. The van der Waals surface area contributed by atoms with E-state index in [0.29, 0.717) is 39.9 Å².